The van der Waals surface area contributed by atoms with Crippen molar-refractivity contribution >= 4 is 5.69 Å². The molecular formula is C17H24N4. The molecule has 2 heterocycles. The van der Waals surface area contributed by atoms with Crippen LogP contribution >= 0.6 is 0 Å². The average molecular weight is 284 g/mol. The van der Waals surface area contributed by atoms with Gasteiger partial charge in [0.15, 0.2) is 0 Å². The fraction of sp³-hybridized carbons (Fsp3) is 0.471. The van der Waals surface area contributed by atoms with Gasteiger partial charge in [-0.25, -0.2) is 0 Å². The normalized spacial score (nSPS) is 21.5. The maximum Gasteiger partial charge on any atom is 0.0758 e. The second kappa shape index (κ2) is 5.53. The van der Waals surface area contributed by atoms with Crippen LogP contribution in [0.15, 0.2) is 42.7 Å². The quantitative estimate of drug-likeness (QED) is 0.941. The molecule has 2 aromatic rings. The molecule has 0 spiro atoms. The third-order valence-corrected chi connectivity index (χ3v) is 4.18. The number of hydrogen-bond acceptors (Lipinski definition) is 3. The minimum atomic E-state index is 0.111. The van der Waals surface area contributed by atoms with Crippen molar-refractivity contribution in [1.82, 2.24) is 15.1 Å². The number of aromatic nitrogens is 2. The summed E-state index contributed by atoms with van der Waals surface area (Å²) in [6.45, 7) is 9.46. The molecule has 4 nitrogen and oxygen atoms in total. The van der Waals surface area contributed by atoms with Crippen LogP contribution in [0, 0.1) is 0 Å². The molecule has 1 aliphatic rings. The van der Waals surface area contributed by atoms with Crippen LogP contribution in [-0.2, 0) is 6.54 Å². The van der Waals surface area contributed by atoms with Gasteiger partial charge in [0.2, 0.25) is 0 Å². The average Bonchev–Trinajstić information content (AvgIpc) is 2.96. The van der Waals surface area contributed by atoms with Gasteiger partial charge < -0.3 is 10.2 Å². The highest BCUT2D eigenvalue weighted by Gasteiger charge is 2.33. The van der Waals surface area contributed by atoms with Crippen LogP contribution in [0.3, 0.4) is 0 Å². The summed E-state index contributed by atoms with van der Waals surface area (Å²) in [5.41, 5.74) is 2.67. The fourth-order valence-electron chi connectivity index (χ4n) is 2.99. The summed E-state index contributed by atoms with van der Waals surface area (Å²) in [6.07, 6.45) is 4.14. The van der Waals surface area contributed by atoms with Crippen molar-refractivity contribution in [2.24, 2.45) is 0 Å². The van der Waals surface area contributed by atoms with Crippen LogP contribution in [0.5, 0.6) is 0 Å². The lowest BCUT2D eigenvalue weighted by Gasteiger charge is -2.45. The van der Waals surface area contributed by atoms with Crippen molar-refractivity contribution in [3.8, 4) is 0 Å². The summed E-state index contributed by atoms with van der Waals surface area (Å²) in [7, 11) is 0. The molecule has 1 atom stereocenters. The van der Waals surface area contributed by atoms with Gasteiger partial charge in [-0.3, -0.25) is 4.68 Å². The van der Waals surface area contributed by atoms with Gasteiger partial charge in [-0.2, -0.15) is 5.10 Å². The molecule has 1 aromatic heterocycles. The molecule has 3 rings (SSSR count). The molecule has 1 N–H and O–H groups in total. The van der Waals surface area contributed by atoms with E-state index < -0.39 is 0 Å². The summed E-state index contributed by atoms with van der Waals surface area (Å²) >= 11 is 0. The largest absolute Gasteiger partial charge is 0.359 e. The molecule has 1 saturated heterocycles. The van der Waals surface area contributed by atoms with E-state index in [1.54, 1.807) is 0 Å². The molecule has 21 heavy (non-hydrogen) atoms. The maximum absolute atomic E-state index is 4.44. The Hall–Kier alpha value is -1.81. The molecule has 0 saturated carbocycles. The lowest BCUT2D eigenvalue weighted by Crippen LogP contribution is -2.58. The van der Waals surface area contributed by atoms with Gasteiger partial charge in [0, 0.05) is 31.4 Å². The van der Waals surface area contributed by atoms with E-state index in [4.69, 9.17) is 0 Å². The van der Waals surface area contributed by atoms with E-state index in [0.29, 0.717) is 6.04 Å². The second-order valence-corrected chi connectivity index (χ2v) is 6.37. The Morgan fingerprint density at radius 3 is 2.71 bits per heavy atom. The van der Waals surface area contributed by atoms with E-state index >= 15 is 0 Å². The Morgan fingerprint density at radius 1 is 1.29 bits per heavy atom. The Bertz CT molecular complexity index is 588. The molecule has 1 aliphatic heterocycles. The molecule has 1 unspecified atom stereocenters. The van der Waals surface area contributed by atoms with Gasteiger partial charge in [-0.1, -0.05) is 30.3 Å². The Morgan fingerprint density at radius 2 is 2.05 bits per heavy atom. The highest BCUT2D eigenvalue weighted by molar-refractivity contribution is 5.47. The van der Waals surface area contributed by atoms with Crippen molar-refractivity contribution in [2.75, 3.05) is 18.0 Å². The summed E-state index contributed by atoms with van der Waals surface area (Å²) in [5, 5.41) is 8.10. The number of nitrogens with zero attached hydrogens (tertiary/aromatic N) is 3. The van der Waals surface area contributed by atoms with Gasteiger partial charge >= 0.3 is 0 Å². The molecule has 0 radical (unpaired) electrons. The van der Waals surface area contributed by atoms with E-state index in [2.05, 4.69) is 72.6 Å². The Labute approximate surface area is 126 Å². The molecule has 1 fully saturated rings. The zero-order valence-corrected chi connectivity index (χ0v) is 13.1. The predicted octanol–water partition coefficient (Wildman–Crippen LogP) is 2.83. The lowest BCUT2D eigenvalue weighted by molar-refractivity contribution is 0.312. The second-order valence-electron chi connectivity index (χ2n) is 6.37. The first-order chi connectivity index (χ1) is 10.1. The Balaban J connectivity index is 1.94. The number of hydrogen-bond donors (Lipinski definition) is 1. The number of aryl methyl sites for hydroxylation is 1. The van der Waals surface area contributed by atoms with E-state index in [1.807, 2.05) is 10.9 Å². The van der Waals surface area contributed by atoms with Crippen molar-refractivity contribution in [1.29, 1.82) is 0 Å². The van der Waals surface area contributed by atoms with Crippen molar-refractivity contribution in [3.05, 3.63) is 48.3 Å². The molecule has 4 heteroatoms. The topological polar surface area (TPSA) is 33.1 Å². The van der Waals surface area contributed by atoms with E-state index in [1.165, 1.54) is 11.3 Å². The summed E-state index contributed by atoms with van der Waals surface area (Å²) < 4.78 is 1.99. The summed E-state index contributed by atoms with van der Waals surface area (Å²) in [4.78, 5) is 2.48. The SMILES string of the molecule is CCn1cc(N2CC(C)(C)NCC2c2ccccc2)cn1. The van der Waals surface area contributed by atoms with Crippen LogP contribution in [0.1, 0.15) is 32.4 Å². The van der Waals surface area contributed by atoms with E-state index in [9.17, 15) is 0 Å². The van der Waals surface area contributed by atoms with Crippen molar-refractivity contribution in [2.45, 2.75) is 38.9 Å². The number of nitrogens with one attached hydrogen (secondary N) is 1. The fourth-order valence-corrected chi connectivity index (χ4v) is 2.99. The zero-order chi connectivity index (χ0) is 14.9. The number of rotatable bonds is 3. The monoisotopic (exact) mass is 284 g/mol. The predicted molar refractivity (Wildman–Crippen MR) is 86.5 cm³/mol. The third kappa shape index (κ3) is 2.95. The molecule has 0 bridgehead atoms. The van der Waals surface area contributed by atoms with Crippen LogP contribution in [-0.4, -0.2) is 28.4 Å². The minimum absolute atomic E-state index is 0.111. The number of anilines is 1. The van der Waals surface area contributed by atoms with Gasteiger partial charge in [0.05, 0.1) is 17.9 Å². The van der Waals surface area contributed by atoms with E-state index in [-0.39, 0.29) is 5.54 Å². The molecule has 0 aliphatic carbocycles. The van der Waals surface area contributed by atoms with Crippen LogP contribution in [0.25, 0.3) is 0 Å². The van der Waals surface area contributed by atoms with Gasteiger partial charge in [0.25, 0.3) is 0 Å². The third-order valence-electron chi connectivity index (χ3n) is 4.18. The van der Waals surface area contributed by atoms with Crippen LogP contribution in [0.4, 0.5) is 5.69 Å². The van der Waals surface area contributed by atoms with Crippen molar-refractivity contribution < 1.29 is 0 Å². The summed E-state index contributed by atoms with van der Waals surface area (Å²) in [5.74, 6) is 0. The van der Waals surface area contributed by atoms with Crippen molar-refractivity contribution in [3.63, 3.8) is 0 Å². The molecule has 112 valence electrons. The van der Waals surface area contributed by atoms with Crippen LogP contribution < -0.4 is 10.2 Å². The minimum Gasteiger partial charge on any atom is -0.359 e. The van der Waals surface area contributed by atoms with E-state index in [0.717, 1.165) is 19.6 Å². The molecule has 1 aromatic carbocycles. The summed E-state index contributed by atoms with van der Waals surface area (Å²) in [6, 6.07) is 11.1. The first-order valence-corrected chi connectivity index (χ1v) is 7.68. The van der Waals surface area contributed by atoms with Gasteiger partial charge in [-0.05, 0) is 26.3 Å². The van der Waals surface area contributed by atoms with Gasteiger partial charge in [0.1, 0.15) is 0 Å². The maximum atomic E-state index is 4.44. The lowest BCUT2D eigenvalue weighted by atomic mass is 9.94. The zero-order valence-electron chi connectivity index (χ0n) is 13.1. The molecule has 0 amide bonds. The number of benzene rings is 1. The smallest absolute Gasteiger partial charge is 0.0758 e. The Kier molecular flexibility index (Phi) is 3.72. The highest BCUT2D eigenvalue weighted by Crippen LogP contribution is 2.31. The van der Waals surface area contributed by atoms with Gasteiger partial charge in [-0.15, -0.1) is 0 Å². The standard InChI is InChI=1S/C17H24N4/c1-4-20-12-15(10-19-20)21-13-17(2,3)18-11-16(21)14-8-6-5-7-9-14/h5-10,12,16,18H,4,11,13H2,1-3H3. The number of piperazine rings is 1. The molecular weight excluding hydrogens is 260 g/mol. The highest BCUT2D eigenvalue weighted by atomic mass is 15.3. The first kappa shape index (κ1) is 14.1. The van der Waals surface area contributed by atoms with Crippen LogP contribution in [0.2, 0.25) is 0 Å². The first-order valence-electron chi connectivity index (χ1n) is 7.68.